The number of hydrogen-bond acceptors (Lipinski definition) is 2. The molecule has 2 rings (SSSR count). The molecule has 3 heteroatoms. The molecule has 0 bridgehead atoms. The molecule has 2 unspecified atom stereocenters. The smallest absolute Gasteiger partial charge is 0.0579 e. The van der Waals surface area contributed by atoms with Crippen LogP contribution < -0.4 is 5.32 Å². The maximum absolute atomic E-state index is 5.81. The summed E-state index contributed by atoms with van der Waals surface area (Å²) in [6, 6.07) is 9.26. The number of hydrogen-bond donors (Lipinski definition) is 1. The van der Waals surface area contributed by atoms with Crippen LogP contribution >= 0.6 is 15.9 Å². The van der Waals surface area contributed by atoms with Gasteiger partial charge in [0.2, 0.25) is 0 Å². The van der Waals surface area contributed by atoms with E-state index < -0.39 is 0 Å². The largest absolute Gasteiger partial charge is 0.378 e. The zero-order chi connectivity index (χ0) is 14.4. The fourth-order valence-corrected chi connectivity index (χ4v) is 3.06. The first-order chi connectivity index (χ1) is 9.63. The Morgan fingerprint density at radius 3 is 2.65 bits per heavy atom. The van der Waals surface area contributed by atoms with E-state index in [2.05, 4.69) is 59.4 Å². The van der Waals surface area contributed by atoms with Crippen LogP contribution in [0.5, 0.6) is 0 Å². The van der Waals surface area contributed by atoms with Gasteiger partial charge in [0, 0.05) is 17.1 Å². The number of rotatable bonds is 7. The van der Waals surface area contributed by atoms with Crippen LogP contribution in [0.1, 0.15) is 38.7 Å². The molecule has 1 aliphatic rings. The maximum Gasteiger partial charge on any atom is 0.0579 e. The normalized spacial score (nSPS) is 20.5. The molecule has 1 aromatic rings. The van der Waals surface area contributed by atoms with Crippen molar-refractivity contribution in [2.75, 3.05) is 13.2 Å². The number of nitrogens with one attached hydrogen (secondary N) is 1. The number of ether oxygens (including phenoxy) is 1. The zero-order valence-electron chi connectivity index (χ0n) is 12.6. The molecule has 0 aromatic heterocycles. The molecular formula is C17H26BrNO. The van der Waals surface area contributed by atoms with Gasteiger partial charge in [-0.3, -0.25) is 0 Å². The van der Waals surface area contributed by atoms with Crippen LogP contribution in [0.4, 0.5) is 0 Å². The molecule has 0 spiro atoms. The second-order valence-corrected chi connectivity index (χ2v) is 7.05. The predicted octanol–water partition coefficient (Wildman–Crippen LogP) is 4.17. The quantitative estimate of drug-likeness (QED) is 0.804. The topological polar surface area (TPSA) is 21.3 Å². The highest BCUT2D eigenvalue weighted by Crippen LogP contribution is 2.23. The van der Waals surface area contributed by atoms with Crippen molar-refractivity contribution in [1.82, 2.24) is 5.32 Å². The molecule has 0 aliphatic carbocycles. The second-order valence-electron chi connectivity index (χ2n) is 6.13. The molecule has 2 atom stereocenters. The van der Waals surface area contributed by atoms with E-state index >= 15 is 0 Å². The van der Waals surface area contributed by atoms with Gasteiger partial charge in [-0.15, -0.1) is 0 Å². The Labute approximate surface area is 131 Å². The van der Waals surface area contributed by atoms with Crippen LogP contribution in [0.25, 0.3) is 0 Å². The van der Waals surface area contributed by atoms with E-state index in [4.69, 9.17) is 4.74 Å². The van der Waals surface area contributed by atoms with Crippen LogP contribution in [0, 0.1) is 5.92 Å². The highest BCUT2D eigenvalue weighted by molar-refractivity contribution is 9.10. The van der Waals surface area contributed by atoms with Gasteiger partial charge in [0.25, 0.3) is 0 Å². The monoisotopic (exact) mass is 339 g/mol. The minimum atomic E-state index is 0.476. The average Bonchev–Trinajstić information content (AvgIpc) is 2.91. The summed E-state index contributed by atoms with van der Waals surface area (Å²) < 4.78 is 6.96. The standard InChI is InChI=1S/C17H26BrNO/c1-13(2)19-12-15(11-17-4-3-9-20-17)10-14-5-7-16(18)8-6-14/h5-8,13,15,17,19H,3-4,9-12H2,1-2H3. The Hall–Kier alpha value is -0.380. The van der Waals surface area contributed by atoms with Crippen molar-refractivity contribution in [1.29, 1.82) is 0 Å². The van der Waals surface area contributed by atoms with Crippen molar-refractivity contribution in [3.05, 3.63) is 34.3 Å². The van der Waals surface area contributed by atoms with Gasteiger partial charge in [0.15, 0.2) is 0 Å². The lowest BCUT2D eigenvalue weighted by molar-refractivity contribution is 0.0889. The lowest BCUT2D eigenvalue weighted by Crippen LogP contribution is -2.31. The molecule has 2 nitrogen and oxygen atoms in total. The van der Waals surface area contributed by atoms with Gasteiger partial charge in [-0.1, -0.05) is 41.9 Å². The van der Waals surface area contributed by atoms with Crippen LogP contribution in [-0.4, -0.2) is 25.3 Å². The summed E-state index contributed by atoms with van der Waals surface area (Å²) in [5.74, 6) is 0.654. The van der Waals surface area contributed by atoms with Crippen molar-refractivity contribution in [2.45, 2.75) is 51.7 Å². The molecule has 1 aliphatic heterocycles. The lowest BCUT2D eigenvalue weighted by atomic mass is 9.92. The molecule has 0 saturated carbocycles. The second kappa shape index (κ2) is 8.16. The molecular weight excluding hydrogens is 314 g/mol. The minimum absolute atomic E-state index is 0.476. The molecule has 1 fully saturated rings. The van der Waals surface area contributed by atoms with Gasteiger partial charge in [-0.25, -0.2) is 0 Å². The number of benzene rings is 1. The van der Waals surface area contributed by atoms with Crippen LogP contribution in [0.2, 0.25) is 0 Å². The van der Waals surface area contributed by atoms with Gasteiger partial charge < -0.3 is 10.1 Å². The highest BCUT2D eigenvalue weighted by atomic mass is 79.9. The number of halogens is 1. The van der Waals surface area contributed by atoms with E-state index in [0.29, 0.717) is 18.1 Å². The third-order valence-corrected chi connectivity index (χ3v) is 4.40. The summed E-state index contributed by atoms with van der Waals surface area (Å²) in [5, 5.41) is 3.59. The SMILES string of the molecule is CC(C)NCC(Cc1ccc(Br)cc1)CC1CCCO1. The van der Waals surface area contributed by atoms with E-state index in [1.165, 1.54) is 24.8 Å². The summed E-state index contributed by atoms with van der Waals surface area (Å²) in [6.45, 7) is 6.45. The van der Waals surface area contributed by atoms with Gasteiger partial charge >= 0.3 is 0 Å². The average molecular weight is 340 g/mol. The van der Waals surface area contributed by atoms with E-state index in [0.717, 1.165) is 24.0 Å². The highest BCUT2D eigenvalue weighted by Gasteiger charge is 2.21. The minimum Gasteiger partial charge on any atom is -0.378 e. The molecule has 1 N–H and O–H groups in total. The van der Waals surface area contributed by atoms with Gasteiger partial charge in [-0.2, -0.15) is 0 Å². The Morgan fingerprint density at radius 2 is 2.05 bits per heavy atom. The van der Waals surface area contributed by atoms with Gasteiger partial charge in [0.05, 0.1) is 6.10 Å². The Bertz CT molecular complexity index is 384. The van der Waals surface area contributed by atoms with Gasteiger partial charge in [-0.05, 0) is 55.8 Å². The first-order valence-corrected chi connectivity index (χ1v) is 8.52. The van der Waals surface area contributed by atoms with E-state index in [1.54, 1.807) is 0 Å². The fourth-order valence-electron chi connectivity index (χ4n) is 2.80. The molecule has 20 heavy (non-hydrogen) atoms. The van der Waals surface area contributed by atoms with Crippen molar-refractivity contribution < 1.29 is 4.74 Å². The zero-order valence-corrected chi connectivity index (χ0v) is 14.2. The van der Waals surface area contributed by atoms with E-state index in [9.17, 15) is 0 Å². The third-order valence-electron chi connectivity index (χ3n) is 3.87. The fraction of sp³-hybridized carbons (Fsp3) is 0.647. The predicted molar refractivity (Wildman–Crippen MR) is 88.1 cm³/mol. The Balaban J connectivity index is 1.91. The van der Waals surface area contributed by atoms with Crippen LogP contribution in [0.15, 0.2) is 28.7 Å². The van der Waals surface area contributed by atoms with Crippen molar-refractivity contribution in [2.24, 2.45) is 5.92 Å². The summed E-state index contributed by atoms with van der Waals surface area (Å²) in [5.41, 5.74) is 1.42. The van der Waals surface area contributed by atoms with Gasteiger partial charge in [0.1, 0.15) is 0 Å². The summed E-state index contributed by atoms with van der Waals surface area (Å²) in [7, 11) is 0. The first kappa shape index (κ1) is 16.0. The maximum atomic E-state index is 5.81. The van der Waals surface area contributed by atoms with Crippen LogP contribution in [-0.2, 0) is 11.2 Å². The Kier molecular flexibility index (Phi) is 6.53. The third kappa shape index (κ3) is 5.55. The van der Waals surface area contributed by atoms with E-state index in [-0.39, 0.29) is 0 Å². The Morgan fingerprint density at radius 1 is 1.30 bits per heavy atom. The van der Waals surface area contributed by atoms with E-state index in [1.807, 2.05) is 0 Å². The molecule has 1 heterocycles. The summed E-state index contributed by atoms with van der Waals surface area (Å²) in [4.78, 5) is 0. The van der Waals surface area contributed by atoms with Crippen LogP contribution in [0.3, 0.4) is 0 Å². The first-order valence-electron chi connectivity index (χ1n) is 7.73. The molecule has 112 valence electrons. The molecule has 1 saturated heterocycles. The van der Waals surface area contributed by atoms with Crippen molar-refractivity contribution in [3.63, 3.8) is 0 Å². The molecule has 1 aromatic carbocycles. The summed E-state index contributed by atoms with van der Waals surface area (Å²) >= 11 is 3.50. The van der Waals surface area contributed by atoms with Crippen molar-refractivity contribution >= 4 is 15.9 Å². The molecule has 0 radical (unpaired) electrons. The summed E-state index contributed by atoms with van der Waals surface area (Å²) in [6.07, 6.45) is 5.25. The molecule has 0 amide bonds. The lowest BCUT2D eigenvalue weighted by Gasteiger charge is -2.22. The van der Waals surface area contributed by atoms with Crippen molar-refractivity contribution in [3.8, 4) is 0 Å².